The second kappa shape index (κ2) is 40.7. The minimum atomic E-state index is -0.819. The van der Waals surface area contributed by atoms with Crippen LogP contribution in [0.3, 0.4) is 0 Å². The van der Waals surface area contributed by atoms with E-state index in [0.29, 0.717) is 38.7 Å². The Kier molecular flexibility index (Phi) is 30.9. The Balaban J connectivity index is 0.000000200. The van der Waals surface area contributed by atoms with E-state index in [-0.39, 0.29) is 173 Å². The normalized spacial score (nSPS) is 10.5. The number of carbonyl (C=O) groups is 2. The zero-order valence-electron chi connectivity index (χ0n) is 61.5. The van der Waals surface area contributed by atoms with Gasteiger partial charge in [-0.05, 0) is 226 Å². The summed E-state index contributed by atoms with van der Waals surface area (Å²) in [6.45, 7) is 0. The van der Waals surface area contributed by atoms with Crippen LogP contribution in [0.15, 0.2) is 199 Å². The number of nitrogens with zero attached hydrogens (tertiary/aromatic N) is 4. The van der Waals surface area contributed by atoms with Crippen molar-refractivity contribution in [3.63, 3.8) is 0 Å². The lowest BCUT2D eigenvalue weighted by atomic mass is 9.99. The van der Waals surface area contributed by atoms with Crippen LogP contribution in [0.2, 0.25) is 0 Å². The number of nitro groups is 3. The second-order valence-electron chi connectivity index (χ2n) is 25.3. The Bertz CT molecular complexity index is 6020. The van der Waals surface area contributed by atoms with Gasteiger partial charge >= 0.3 is 0 Å². The predicted octanol–water partition coefficient (Wildman–Crippen LogP) is 14.2. The molecule has 0 saturated heterocycles. The van der Waals surface area contributed by atoms with Gasteiger partial charge in [-0.25, -0.2) is 0 Å². The molecule has 0 aromatic heterocycles. The number of nitro benzene ring substituents is 3. The van der Waals surface area contributed by atoms with E-state index in [1.54, 1.807) is 12.1 Å². The van der Waals surface area contributed by atoms with Crippen molar-refractivity contribution in [1.82, 2.24) is 0 Å². The summed E-state index contributed by atoms with van der Waals surface area (Å²) in [4.78, 5) is 54.4. The summed E-state index contributed by atoms with van der Waals surface area (Å²) < 4.78 is 1.32. The van der Waals surface area contributed by atoms with Gasteiger partial charge in [0.1, 0.15) is 0 Å². The first-order valence-electron chi connectivity index (χ1n) is 33.9. The molecule has 0 radical (unpaired) electrons. The summed E-state index contributed by atoms with van der Waals surface area (Å²) in [7, 11) is 0. The Morgan fingerprint density at radius 2 is 0.595 bits per heavy atom. The number of ketones is 2. The Morgan fingerprint density at radius 3 is 0.967 bits per heavy atom. The third-order valence-corrected chi connectivity index (χ3v) is 18.4. The summed E-state index contributed by atoms with van der Waals surface area (Å²) in [5, 5.41) is 266. The van der Waals surface area contributed by atoms with Crippen molar-refractivity contribution in [3.05, 3.63) is 305 Å². The van der Waals surface area contributed by atoms with Gasteiger partial charge in [-0.1, -0.05) is 46.3 Å². The van der Waals surface area contributed by atoms with E-state index in [2.05, 4.69) is 38.5 Å². The van der Waals surface area contributed by atoms with Crippen LogP contribution in [0.4, 0.5) is 17.1 Å². The van der Waals surface area contributed by atoms with Crippen LogP contribution in [-0.4, -0.2) is 149 Å². The van der Waals surface area contributed by atoms with E-state index in [1.807, 2.05) is 6.07 Å². The number of carbonyl (C=O) groups excluding carboxylic acids is 2. The molecule has 0 atom stereocenters. The topological polar surface area (TPSA) is 673 Å². The van der Waals surface area contributed by atoms with Crippen molar-refractivity contribution in [2.24, 2.45) is 0 Å². The Labute approximate surface area is 702 Å². The van der Waals surface area contributed by atoms with E-state index < -0.39 is 60.6 Å². The molecule has 24 N–H and O–H groups in total. The van der Waals surface area contributed by atoms with Crippen molar-refractivity contribution in [2.45, 2.75) is 25.7 Å². The third-order valence-electron chi connectivity index (χ3n) is 16.7. The molecule has 0 fully saturated rings. The van der Waals surface area contributed by atoms with E-state index in [0.717, 1.165) is 63.2 Å². The maximum Gasteiger partial charge on any atom is 0.276 e. The highest BCUT2D eigenvalue weighted by atomic mass is 127. The molecule has 624 valence electrons. The molecule has 0 amide bonds. The molecular weight excluding hydrogens is 1770 g/mol. The van der Waals surface area contributed by atoms with Crippen LogP contribution in [0.1, 0.15) is 81.9 Å². The van der Waals surface area contributed by atoms with Gasteiger partial charge < -0.3 is 123 Å². The highest BCUT2D eigenvalue weighted by Crippen LogP contribution is 2.42. The van der Waals surface area contributed by atoms with Gasteiger partial charge in [0.25, 0.3) is 17.1 Å². The van der Waals surface area contributed by atoms with E-state index in [9.17, 15) is 152 Å². The number of hydrogen-bond donors (Lipinski definition) is 24. The molecule has 38 heteroatoms. The number of hydrogen-bond acceptors (Lipinski definition) is 33. The SMILES string of the molecule is N#Cc1cc(O)c(O)cc1Cc1ccc(O)c(O)c1.O=C(/C=C/c1cc(O)c(O)cc1Br)c1ccc(O)c(O)c1.O=C(/C=C/c1ccc(O)c(O)c1)c1ccc(O)c(O)c1.O=[N+]([O-])c1cc(O)c(O)cc1Cc1cc(O)c(O)cc1[N+](=O)[O-].O=[N+]([O-])c1cc(O)c(O)cc1Cc1ccc(O)c(O)c1.Oc1ccc(Cc2cc(O)c(O)cc2I)cc1O. The molecule has 0 unspecified atom stereocenters. The molecule has 12 aromatic rings. The Morgan fingerprint density at radius 1 is 0.314 bits per heavy atom. The van der Waals surface area contributed by atoms with Crippen molar-refractivity contribution in [3.8, 4) is 144 Å². The smallest absolute Gasteiger partial charge is 0.276 e. The minimum Gasteiger partial charge on any atom is -0.504 e. The maximum absolute atomic E-state index is 11.9. The first-order valence-corrected chi connectivity index (χ1v) is 35.8. The van der Waals surface area contributed by atoms with Crippen LogP contribution in [0.25, 0.3) is 12.2 Å². The van der Waals surface area contributed by atoms with Crippen molar-refractivity contribution >= 4 is 79.3 Å². The number of rotatable bonds is 17. The molecule has 12 rings (SSSR count). The standard InChI is InChI=1S/C15H11BrO5.C15H12O5.C14H11NO4.C13H11IO4.C13H10N2O8.C13H11NO6/c16-10-7-15(21)14(20)5-8(10)1-3-11(17)9-2-4-12(18)13(19)6-9;16-11(10-3-6-13(18)15(20)8-10)4-1-9-2-5-12(17)14(19)7-9;15-7-10-6-14(19)13(18)5-9(10)3-8-1-2-11(16)12(17)4-8;14-9-6-13(18)12(17)5-8(9)3-7-1-2-10(15)11(16)4-7;16-10-2-6(8(14(20)21)4-12(10)18)1-7-3-11(17)13(19)5-9(7)15(22)23;15-10-2-1-7(4-11(10)16)3-8-5-12(17)13(18)6-9(8)14(19)20/h1-7,18-21H;1-8,17-20H;1-2,4-6,16-19H,3H2;1-2,4-6,15-18H,3H2;2-5,16-19H,1H2;1-2,4-6,15-18H,3H2/b3-1+;4-1+;;;;. The molecule has 12 aromatic carbocycles. The van der Waals surface area contributed by atoms with Gasteiger partial charge in [-0.2, -0.15) is 5.26 Å². The van der Waals surface area contributed by atoms with Gasteiger partial charge in [0.2, 0.25) is 0 Å². The summed E-state index contributed by atoms with van der Waals surface area (Å²) in [5.74, 6) is -9.33. The molecule has 0 spiro atoms. The lowest BCUT2D eigenvalue weighted by molar-refractivity contribution is -0.386. The quantitative estimate of drug-likeness (QED) is 0.0101. The first-order chi connectivity index (χ1) is 56.9. The van der Waals surface area contributed by atoms with Crippen LogP contribution in [0.5, 0.6) is 138 Å². The molecule has 0 aliphatic carbocycles. The monoisotopic (exact) mass is 1840 g/mol. The summed E-state index contributed by atoms with van der Waals surface area (Å²) in [5.41, 5.74) is 3.53. The van der Waals surface area contributed by atoms with Crippen molar-refractivity contribution in [2.75, 3.05) is 0 Å². The fraction of sp³-hybridized carbons (Fsp3) is 0.0482. The zero-order valence-corrected chi connectivity index (χ0v) is 65.2. The van der Waals surface area contributed by atoms with Crippen LogP contribution >= 0.6 is 38.5 Å². The second-order valence-corrected chi connectivity index (χ2v) is 27.3. The van der Waals surface area contributed by atoms with Crippen LogP contribution < -0.4 is 0 Å². The average Bonchev–Trinajstić information content (AvgIpc) is 0.814. The number of halogens is 2. The molecule has 0 aliphatic heterocycles. The summed E-state index contributed by atoms with van der Waals surface area (Å²) in [6, 6.07) is 39.8. The number of allylic oxidation sites excluding steroid dienone is 2. The number of phenols is 24. The molecular formula is C83H66BrIN4O32. The van der Waals surface area contributed by atoms with Crippen molar-refractivity contribution in [1.29, 1.82) is 5.26 Å². The van der Waals surface area contributed by atoms with Crippen molar-refractivity contribution < 1.29 is 147 Å². The van der Waals surface area contributed by atoms with Gasteiger partial charge in [-0.15, -0.1) is 0 Å². The lowest BCUT2D eigenvalue weighted by Crippen LogP contribution is -2.00. The highest BCUT2D eigenvalue weighted by molar-refractivity contribution is 14.1. The number of phenolic OH excluding ortho intramolecular Hbond substituents is 24. The first kappa shape index (κ1) is 91.7. The maximum atomic E-state index is 11.9. The molecule has 0 heterocycles. The van der Waals surface area contributed by atoms with E-state index in [1.165, 1.54) is 146 Å². The third kappa shape index (κ3) is 25.3. The largest absolute Gasteiger partial charge is 0.504 e. The molecule has 36 nitrogen and oxygen atoms in total. The minimum absolute atomic E-state index is 0.0536. The average molecular weight is 1840 g/mol. The van der Waals surface area contributed by atoms with E-state index in [4.69, 9.17) is 15.5 Å². The van der Waals surface area contributed by atoms with Gasteiger partial charge in [-0.3, -0.25) is 39.9 Å². The molecule has 0 aliphatic rings. The summed E-state index contributed by atoms with van der Waals surface area (Å²) >= 11 is 5.26. The van der Waals surface area contributed by atoms with Gasteiger partial charge in [0.05, 0.1) is 44.6 Å². The van der Waals surface area contributed by atoms with Crippen LogP contribution in [-0.2, 0) is 25.7 Å². The van der Waals surface area contributed by atoms with Gasteiger partial charge in [0, 0.05) is 54.8 Å². The van der Waals surface area contributed by atoms with E-state index >= 15 is 0 Å². The van der Waals surface area contributed by atoms with Gasteiger partial charge in [0.15, 0.2) is 150 Å². The fourth-order valence-corrected chi connectivity index (χ4v) is 11.6. The fourth-order valence-electron chi connectivity index (χ4n) is 10.5. The highest BCUT2D eigenvalue weighted by Gasteiger charge is 2.25. The predicted molar refractivity (Wildman–Crippen MR) is 440 cm³/mol. The Hall–Kier alpha value is -16.4. The van der Waals surface area contributed by atoms with Crippen LogP contribution in [0, 0.1) is 45.2 Å². The lowest BCUT2D eigenvalue weighted by Gasteiger charge is -2.08. The molecule has 121 heavy (non-hydrogen) atoms. The molecule has 0 saturated carbocycles. The number of benzene rings is 12. The zero-order chi connectivity index (χ0) is 89.7. The number of aromatic hydroxyl groups is 24. The molecule has 0 bridgehead atoms. The summed E-state index contributed by atoms with van der Waals surface area (Å²) in [6.07, 6.45) is 5.87. The number of nitriles is 1.